The van der Waals surface area contributed by atoms with Crippen LogP contribution in [0.4, 0.5) is 5.82 Å². The van der Waals surface area contributed by atoms with Gasteiger partial charge in [0.2, 0.25) is 0 Å². The Kier molecular flexibility index (Phi) is 4.57. The Morgan fingerprint density at radius 1 is 1.23 bits per heavy atom. The molecule has 1 aliphatic heterocycles. The fourth-order valence-corrected chi connectivity index (χ4v) is 3.45. The van der Waals surface area contributed by atoms with Crippen LogP contribution in [-0.2, 0) is 18.3 Å². The average Bonchev–Trinajstić information content (AvgIpc) is 2.97. The van der Waals surface area contributed by atoms with Gasteiger partial charge in [0.15, 0.2) is 0 Å². The molecule has 1 unspecified atom stereocenters. The first-order valence-electron chi connectivity index (χ1n) is 8.91. The van der Waals surface area contributed by atoms with E-state index >= 15 is 0 Å². The van der Waals surface area contributed by atoms with Gasteiger partial charge in [0.05, 0.1) is 36.8 Å². The highest BCUT2D eigenvalue weighted by Gasteiger charge is 2.28. The monoisotopic (exact) mass is 352 g/mol. The highest BCUT2D eigenvalue weighted by molar-refractivity contribution is 5.75. The summed E-state index contributed by atoms with van der Waals surface area (Å²) in [5.41, 5.74) is 3.13. The summed E-state index contributed by atoms with van der Waals surface area (Å²) < 4.78 is 7.90. The molecule has 0 radical (unpaired) electrons. The van der Waals surface area contributed by atoms with E-state index in [-0.39, 0.29) is 6.04 Å². The summed E-state index contributed by atoms with van der Waals surface area (Å²) in [5, 5.41) is 3.11. The molecular formula is C19H24N6O. The normalized spacial score (nSPS) is 18.3. The Morgan fingerprint density at radius 2 is 2.08 bits per heavy atom. The molecule has 0 spiro atoms. The molecule has 4 rings (SSSR count). The molecule has 0 amide bonds. The van der Waals surface area contributed by atoms with Crippen molar-refractivity contribution < 1.29 is 4.74 Å². The highest BCUT2D eigenvalue weighted by Crippen LogP contribution is 2.25. The Balaban J connectivity index is 1.65. The molecule has 7 nitrogen and oxygen atoms in total. The van der Waals surface area contributed by atoms with E-state index in [4.69, 9.17) is 9.72 Å². The lowest BCUT2D eigenvalue weighted by atomic mass is 10.2. The first kappa shape index (κ1) is 16.9. The van der Waals surface area contributed by atoms with Crippen LogP contribution in [0.3, 0.4) is 0 Å². The predicted molar refractivity (Wildman–Crippen MR) is 101 cm³/mol. The van der Waals surface area contributed by atoms with Crippen LogP contribution in [0, 0.1) is 6.92 Å². The van der Waals surface area contributed by atoms with Gasteiger partial charge in [-0.15, -0.1) is 0 Å². The molecule has 136 valence electrons. The van der Waals surface area contributed by atoms with Gasteiger partial charge in [0.1, 0.15) is 17.5 Å². The highest BCUT2D eigenvalue weighted by atomic mass is 16.5. The van der Waals surface area contributed by atoms with Crippen molar-refractivity contribution in [2.45, 2.75) is 19.5 Å². The summed E-state index contributed by atoms with van der Waals surface area (Å²) in [4.78, 5) is 16.5. The van der Waals surface area contributed by atoms with Crippen molar-refractivity contribution in [3.63, 3.8) is 0 Å². The van der Waals surface area contributed by atoms with E-state index < -0.39 is 0 Å². The van der Waals surface area contributed by atoms with Crippen LogP contribution >= 0.6 is 0 Å². The van der Waals surface area contributed by atoms with Gasteiger partial charge < -0.3 is 14.6 Å². The van der Waals surface area contributed by atoms with Crippen LogP contribution in [-0.4, -0.2) is 51.2 Å². The van der Waals surface area contributed by atoms with E-state index in [1.165, 1.54) is 0 Å². The van der Waals surface area contributed by atoms with Gasteiger partial charge >= 0.3 is 0 Å². The lowest BCUT2D eigenvalue weighted by Gasteiger charge is -2.34. The minimum atomic E-state index is 0.0237. The quantitative estimate of drug-likeness (QED) is 0.777. The summed E-state index contributed by atoms with van der Waals surface area (Å²) in [6, 6.07) is 10.2. The number of aromatic nitrogens is 4. The maximum absolute atomic E-state index is 5.74. The maximum atomic E-state index is 5.74. The van der Waals surface area contributed by atoms with Gasteiger partial charge in [-0.05, 0) is 19.1 Å². The summed E-state index contributed by atoms with van der Waals surface area (Å²) in [5.74, 6) is 2.67. The molecule has 1 aromatic carbocycles. The largest absolute Gasteiger partial charge is 0.378 e. The second-order valence-electron chi connectivity index (χ2n) is 6.64. The van der Waals surface area contributed by atoms with Crippen molar-refractivity contribution in [1.82, 2.24) is 24.4 Å². The zero-order valence-corrected chi connectivity index (χ0v) is 15.4. The van der Waals surface area contributed by atoms with Crippen LogP contribution in [0.2, 0.25) is 0 Å². The molecule has 0 saturated carbocycles. The molecule has 0 bridgehead atoms. The fraction of sp³-hybridized carbons (Fsp3) is 0.421. The van der Waals surface area contributed by atoms with E-state index in [9.17, 15) is 0 Å². The molecule has 1 N–H and O–H groups in total. The van der Waals surface area contributed by atoms with Crippen molar-refractivity contribution in [1.29, 1.82) is 0 Å². The lowest BCUT2D eigenvalue weighted by molar-refractivity contribution is -0.0173. The first-order valence-corrected chi connectivity index (χ1v) is 8.91. The SMILES string of the molecule is CNc1cc(C)nc(C2COCCN2Cc2nc3ccccc3n2C)n1. The van der Waals surface area contributed by atoms with Crippen molar-refractivity contribution in [2.24, 2.45) is 7.05 Å². The third-order valence-electron chi connectivity index (χ3n) is 4.89. The second-order valence-corrected chi connectivity index (χ2v) is 6.64. The van der Waals surface area contributed by atoms with Gasteiger partial charge in [-0.25, -0.2) is 15.0 Å². The van der Waals surface area contributed by atoms with Crippen LogP contribution in [0.1, 0.15) is 23.4 Å². The van der Waals surface area contributed by atoms with Gasteiger partial charge in [-0.1, -0.05) is 12.1 Å². The number of rotatable bonds is 4. The summed E-state index contributed by atoms with van der Waals surface area (Å²) in [6.07, 6.45) is 0. The Morgan fingerprint density at radius 3 is 2.88 bits per heavy atom. The zero-order chi connectivity index (χ0) is 18.1. The number of nitrogens with one attached hydrogen (secondary N) is 1. The van der Waals surface area contributed by atoms with E-state index in [1.807, 2.05) is 32.2 Å². The predicted octanol–water partition coefficient (Wildman–Crippen LogP) is 2.29. The third kappa shape index (κ3) is 3.15. The van der Waals surface area contributed by atoms with Gasteiger partial charge in [-0.2, -0.15) is 0 Å². The number of hydrogen-bond acceptors (Lipinski definition) is 6. The van der Waals surface area contributed by atoms with E-state index in [2.05, 4.69) is 43.9 Å². The molecule has 3 aromatic rings. The smallest absolute Gasteiger partial charge is 0.150 e. The number of benzene rings is 1. The molecule has 1 atom stereocenters. The molecule has 3 heterocycles. The van der Waals surface area contributed by atoms with Crippen molar-refractivity contribution in [3.05, 3.63) is 47.7 Å². The third-order valence-corrected chi connectivity index (χ3v) is 4.89. The molecule has 1 aliphatic rings. The number of aryl methyl sites for hydroxylation is 2. The Labute approximate surface area is 153 Å². The summed E-state index contributed by atoms with van der Waals surface area (Å²) in [7, 11) is 3.95. The number of para-hydroxylation sites is 2. The van der Waals surface area contributed by atoms with Crippen LogP contribution in [0.25, 0.3) is 11.0 Å². The summed E-state index contributed by atoms with van der Waals surface area (Å²) in [6.45, 7) is 4.87. The Hall–Kier alpha value is -2.51. The zero-order valence-electron chi connectivity index (χ0n) is 15.4. The fourth-order valence-electron chi connectivity index (χ4n) is 3.45. The average molecular weight is 352 g/mol. The number of anilines is 1. The Bertz CT molecular complexity index is 922. The van der Waals surface area contributed by atoms with Crippen molar-refractivity contribution in [2.75, 3.05) is 32.1 Å². The van der Waals surface area contributed by atoms with E-state index in [1.54, 1.807) is 0 Å². The number of fused-ring (bicyclic) bond motifs is 1. The molecular weight excluding hydrogens is 328 g/mol. The first-order chi connectivity index (χ1) is 12.7. The molecule has 7 heteroatoms. The second kappa shape index (κ2) is 7.01. The number of hydrogen-bond donors (Lipinski definition) is 1. The molecule has 0 aliphatic carbocycles. The number of morpholine rings is 1. The van der Waals surface area contributed by atoms with E-state index in [0.717, 1.165) is 47.3 Å². The molecule has 2 aromatic heterocycles. The van der Waals surface area contributed by atoms with Gasteiger partial charge in [-0.3, -0.25) is 4.90 Å². The van der Waals surface area contributed by atoms with Crippen molar-refractivity contribution >= 4 is 16.9 Å². The maximum Gasteiger partial charge on any atom is 0.150 e. The standard InChI is InChI=1S/C19H24N6O/c1-13-10-17(20-2)23-19(21-13)16-12-26-9-8-25(16)11-18-22-14-6-4-5-7-15(14)24(18)3/h4-7,10,16H,8-9,11-12H2,1-3H3,(H,20,21,23). The number of imidazole rings is 1. The number of ether oxygens (including phenoxy) is 1. The molecule has 1 fully saturated rings. The topological polar surface area (TPSA) is 68.1 Å². The van der Waals surface area contributed by atoms with Crippen LogP contribution < -0.4 is 5.32 Å². The number of nitrogens with zero attached hydrogens (tertiary/aromatic N) is 5. The van der Waals surface area contributed by atoms with Gasteiger partial charge in [0.25, 0.3) is 0 Å². The van der Waals surface area contributed by atoms with E-state index in [0.29, 0.717) is 13.2 Å². The van der Waals surface area contributed by atoms with Crippen LogP contribution in [0.15, 0.2) is 30.3 Å². The van der Waals surface area contributed by atoms with Gasteiger partial charge in [0, 0.05) is 32.4 Å². The summed E-state index contributed by atoms with van der Waals surface area (Å²) >= 11 is 0. The van der Waals surface area contributed by atoms with Crippen LogP contribution in [0.5, 0.6) is 0 Å². The lowest BCUT2D eigenvalue weighted by Crippen LogP contribution is -2.40. The minimum Gasteiger partial charge on any atom is -0.378 e. The van der Waals surface area contributed by atoms with Crippen molar-refractivity contribution in [3.8, 4) is 0 Å². The molecule has 1 saturated heterocycles. The minimum absolute atomic E-state index is 0.0237. The molecule has 26 heavy (non-hydrogen) atoms.